The van der Waals surface area contributed by atoms with Crippen molar-refractivity contribution in [2.45, 2.75) is 158 Å². The number of nitrogens with zero attached hydrogens (tertiary/aromatic N) is 11. The van der Waals surface area contributed by atoms with E-state index in [0.717, 1.165) is 28.5 Å². The van der Waals surface area contributed by atoms with E-state index < -0.39 is 0 Å². The van der Waals surface area contributed by atoms with Crippen molar-refractivity contribution in [3.05, 3.63) is 145 Å². The second-order valence-corrected chi connectivity index (χ2v) is 18.8. The summed E-state index contributed by atoms with van der Waals surface area (Å²) in [7, 11) is 1.61. The second kappa shape index (κ2) is 27.3. The molecule has 0 aromatic carbocycles. The molecule has 0 N–H and O–H groups in total. The number of hydrogen-bond donors (Lipinski definition) is 0. The van der Waals surface area contributed by atoms with Gasteiger partial charge in [0.05, 0.1) is 24.7 Å². The Labute approximate surface area is 373 Å². The SMILES string of the molecule is CC(C)(C)c1ccnnc1.CC(C)c1cc(C(C)(C)C)ncn1.CC(C)c1cccnc1.CC(C)c1ccncn1.CC(C)c1cnccn1.COc1cc(C(C)(C)C)ncn1. The van der Waals surface area contributed by atoms with Crippen LogP contribution in [0.5, 0.6) is 5.88 Å². The average Bonchev–Trinajstić information content (AvgIpc) is 3.25. The first-order valence-electron chi connectivity index (χ1n) is 21.3. The Bertz CT molecular complexity index is 1920. The Kier molecular flexibility index (Phi) is 24.0. The van der Waals surface area contributed by atoms with Gasteiger partial charge in [0.1, 0.15) is 19.0 Å². The van der Waals surface area contributed by atoms with E-state index in [0.29, 0.717) is 29.6 Å². The van der Waals surface area contributed by atoms with E-state index in [1.54, 1.807) is 63.1 Å². The van der Waals surface area contributed by atoms with Crippen LogP contribution >= 0.6 is 0 Å². The maximum atomic E-state index is 5.00. The van der Waals surface area contributed by atoms with Crippen molar-refractivity contribution >= 4 is 0 Å². The number of hydrogen-bond acceptors (Lipinski definition) is 12. The van der Waals surface area contributed by atoms with Gasteiger partial charge in [-0.3, -0.25) is 15.0 Å². The molecule has 6 aromatic rings. The molecule has 6 heterocycles. The third kappa shape index (κ3) is 22.8. The van der Waals surface area contributed by atoms with Crippen molar-refractivity contribution < 1.29 is 4.74 Å². The summed E-state index contributed by atoms with van der Waals surface area (Å²) in [5.74, 6) is 2.68. The molecule has 0 saturated carbocycles. The number of methoxy groups -OCH3 is 1. The van der Waals surface area contributed by atoms with Crippen LogP contribution in [0.4, 0.5) is 0 Å². The molecule has 0 aliphatic heterocycles. The number of aromatic nitrogens is 11. The van der Waals surface area contributed by atoms with E-state index in [-0.39, 0.29) is 16.2 Å². The Morgan fingerprint density at radius 1 is 0.435 bits per heavy atom. The van der Waals surface area contributed by atoms with E-state index in [1.807, 2.05) is 30.5 Å². The van der Waals surface area contributed by atoms with Gasteiger partial charge in [-0.2, -0.15) is 10.2 Å². The summed E-state index contributed by atoms with van der Waals surface area (Å²) in [6, 6.07) is 12.0. The molecule has 0 saturated heterocycles. The molecule has 12 heteroatoms. The van der Waals surface area contributed by atoms with E-state index in [4.69, 9.17) is 4.74 Å². The lowest BCUT2D eigenvalue weighted by Gasteiger charge is -2.18. The summed E-state index contributed by atoms with van der Waals surface area (Å²) in [4.78, 5) is 36.6. The molecular formula is C50H75N11O. The fourth-order valence-electron chi connectivity index (χ4n) is 4.66. The molecule has 62 heavy (non-hydrogen) atoms. The summed E-state index contributed by atoms with van der Waals surface area (Å²) < 4.78 is 5.00. The van der Waals surface area contributed by atoms with Gasteiger partial charge in [-0.05, 0) is 64.5 Å². The molecule has 6 rings (SSSR count). The van der Waals surface area contributed by atoms with Crippen molar-refractivity contribution in [2.24, 2.45) is 0 Å². The molecule has 0 radical (unpaired) electrons. The highest BCUT2D eigenvalue weighted by Gasteiger charge is 2.17. The van der Waals surface area contributed by atoms with Crippen molar-refractivity contribution in [1.82, 2.24) is 55.1 Å². The zero-order valence-corrected chi connectivity index (χ0v) is 41.0. The quantitative estimate of drug-likeness (QED) is 0.162. The molecule has 0 amide bonds. The first-order valence-corrected chi connectivity index (χ1v) is 21.3. The maximum absolute atomic E-state index is 5.00. The van der Waals surface area contributed by atoms with Crippen LogP contribution < -0.4 is 4.74 Å². The lowest BCUT2D eigenvalue weighted by atomic mass is 9.89. The first kappa shape index (κ1) is 54.4. The zero-order chi connectivity index (χ0) is 46.9. The minimum absolute atomic E-state index is 0.0518. The van der Waals surface area contributed by atoms with E-state index in [9.17, 15) is 0 Å². The normalized spacial score (nSPS) is 11.0. The number of ether oxygens (including phenoxy) is 1. The summed E-state index contributed by atoms with van der Waals surface area (Å²) >= 11 is 0. The van der Waals surface area contributed by atoms with Crippen LogP contribution in [0, 0.1) is 0 Å². The Hall–Kier alpha value is -5.65. The molecule has 0 aliphatic carbocycles. The monoisotopic (exact) mass is 846 g/mol. The van der Waals surface area contributed by atoms with Gasteiger partial charge in [0.15, 0.2) is 0 Å². The molecule has 6 aromatic heterocycles. The Morgan fingerprint density at radius 3 is 1.39 bits per heavy atom. The second-order valence-electron chi connectivity index (χ2n) is 18.8. The van der Waals surface area contributed by atoms with E-state index in [2.05, 4.69) is 185 Å². The van der Waals surface area contributed by atoms with Gasteiger partial charge in [-0.25, -0.2) is 29.9 Å². The maximum Gasteiger partial charge on any atom is 0.216 e. The van der Waals surface area contributed by atoms with Crippen LogP contribution in [-0.4, -0.2) is 62.2 Å². The molecule has 0 bridgehead atoms. The molecule has 0 spiro atoms. The molecule has 336 valence electrons. The first-order chi connectivity index (χ1) is 29.0. The third-order valence-corrected chi connectivity index (χ3v) is 8.84. The van der Waals surface area contributed by atoms with Gasteiger partial charge in [0, 0.05) is 77.4 Å². The summed E-state index contributed by atoms with van der Waals surface area (Å²) in [5, 5.41) is 7.51. The fourth-order valence-corrected chi connectivity index (χ4v) is 4.66. The fraction of sp³-hybridized carbons (Fsp3) is 0.500. The van der Waals surface area contributed by atoms with Gasteiger partial charge >= 0.3 is 0 Å². The van der Waals surface area contributed by atoms with Gasteiger partial charge in [0.2, 0.25) is 5.88 Å². The highest BCUT2D eigenvalue weighted by atomic mass is 16.5. The molecule has 0 aliphatic rings. The standard InChI is InChI=1S/C11H18N2.C9H14N2O.C8H12N2.C8H11N.2C7H10N2/c1-8(2)9-6-10(11(3,4)5)13-7-12-9;1-9(2,3)7-5-8(12-4)11-6-10-7;1-8(2,3)7-4-5-9-10-6-7;1-7(2)8-4-3-5-9-6-8;1-6(2)7-5-8-3-4-9-7;1-6(2)7-3-4-8-5-9-7/h6-8H,1-5H3;5-6H,1-4H3;4-6H,1-3H3;3-7H,1-2H3;2*3-6H,1-2H3. The van der Waals surface area contributed by atoms with Gasteiger partial charge in [0.25, 0.3) is 0 Å². The minimum atomic E-state index is 0.0518. The van der Waals surface area contributed by atoms with Crippen molar-refractivity contribution in [2.75, 3.05) is 7.11 Å². The van der Waals surface area contributed by atoms with Crippen LogP contribution in [0.1, 0.15) is 181 Å². The lowest BCUT2D eigenvalue weighted by Crippen LogP contribution is -2.14. The molecule has 0 atom stereocenters. The molecule has 12 nitrogen and oxygen atoms in total. The van der Waals surface area contributed by atoms with Gasteiger partial charge in [-0.1, -0.05) is 124 Å². The van der Waals surface area contributed by atoms with Crippen LogP contribution in [0.2, 0.25) is 0 Å². The molecular weight excluding hydrogens is 771 g/mol. The highest BCUT2D eigenvalue weighted by Crippen LogP contribution is 2.23. The van der Waals surface area contributed by atoms with Crippen LogP contribution in [0.3, 0.4) is 0 Å². The van der Waals surface area contributed by atoms with Gasteiger partial charge < -0.3 is 4.74 Å². The van der Waals surface area contributed by atoms with Gasteiger partial charge in [-0.15, -0.1) is 0 Å². The van der Waals surface area contributed by atoms with Crippen LogP contribution in [0.25, 0.3) is 0 Å². The summed E-state index contributed by atoms with van der Waals surface area (Å²) in [6.07, 6.45) is 19.0. The Morgan fingerprint density at radius 2 is 1.02 bits per heavy atom. The third-order valence-electron chi connectivity index (χ3n) is 8.84. The average molecular weight is 846 g/mol. The summed E-state index contributed by atoms with van der Waals surface area (Å²) in [6.45, 7) is 36.3. The van der Waals surface area contributed by atoms with Crippen molar-refractivity contribution in [3.8, 4) is 5.88 Å². The lowest BCUT2D eigenvalue weighted by molar-refractivity contribution is 0.393. The number of pyridine rings is 1. The molecule has 0 fully saturated rings. The van der Waals surface area contributed by atoms with Crippen molar-refractivity contribution in [3.63, 3.8) is 0 Å². The van der Waals surface area contributed by atoms with E-state index in [1.165, 1.54) is 17.5 Å². The van der Waals surface area contributed by atoms with Crippen molar-refractivity contribution in [1.29, 1.82) is 0 Å². The van der Waals surface area contributed by atoms with Crippen LogP contribution in [-0.2, 0) is 16.2 Å². The largest absolute Gasteiger partial charge is 0.481 e. The minimum Gasteiger partial charge on any atom is -0.481 e. The van der Waals surface area contributed by atoms with Crippen LogP contribution in [0.15, 0.2) is 105 Å². The predicted molar refractivity (Wildman–Crippen MR) is 253 cm³/mol. The highest BCUT2D eigenvalue weighted by molar-refractivity contribution is 5.20. The zero-order valence-electron chi connectivity index (χ0n) is 41.0. The summed E-state index contributed by atoms with van der Waals surface area (Å²) in [5.41, 5.74) is 8.28. The number of rotatable bonds is 5. The smallest absolute Gasteiger partial charge is 0.216 e. The van der Waals surface area contributed by atoms with E-state index >= 15 is 0 Å². The molecule has 0 unspecified atom stereocenters. The predicted octanol–water partition coefficient (Wildman–Crippen LogP) is 11.9. The Balaban J connectivity index is 0.000000374. The topological polar surface area (TPSA) is 151 Å².